The van der Waals surface area contributed by atoms with Crippen molar-refractivity contribution in [2.45, 2.75) is 43.2 Å². The number of nitrogens with two attached hydrogens (primary N) is 1. The lowest BCUT2D eigenvalue weighted by atomic mass is 10.0. The molecule has 1 fully saturated rings. The number of halogens is 1. The molecular formula is C20H29IN4O4S. The van der Waals surface area contributed by atoms with Gasteiger partial charge >= 0.3 is 0 Å². The Kier molecular flexibility index (Phi) is 9.13. The predicted molar refractivity (Wildman–Crippen MR) is 126 cm³/mol. The highest BCUT2D eigenvalue weighted by molar-refractivity contribution is 14.0. The van der Waals surface area contributed by atoms with Crippen LogP contribution in [0, 0.1) is 0 Å². The number of ether oxygens (including phenoxy) is 1. The minimum atomic E-state index is -3.69. The lowest BCUT2D eigenvalue weighted by Crippen LogP contribution is -2.46. The third-order valence-electron chi connectivity index (χ3n) is 4.85. The second-order valence-electron chi connectivity index (χ2n) is 7.37. The zero-order valence-electron chi connectivity index (χ0n) is 17.0. The van der Waals surface area contributed by atoms with Crippen LogP contribution < -0.4 is 15.8 Å². The molecule has 1 atom stereocenters. The van der Waals surface area contributed by atoms with Crippen LogP contribution in [-0.4, -0.2) is 39.7 Å². The molecule has 0 radical (unpaired) electrons. The Balaban J connectivity index is 0.00000320. The lowest BCUT2D eigenvalue weighted by Gasteiger charge is -2.24. The largest absolute Gasteiger partial charge is 0.469 e. The molecular weight excluding hydrogens is 519 g/mol. The minimum Gasteiger partial charge on any atom is -0.469 e. The first-order valence-corrected chi connectivity index (χ1v) is 11.2. The summed E-state index contributed by atoms with van der Waals surface area (Å²) in [6.45, 7) is 4.61. The predicted octanol–water partition coefficient (Wildman–Crippen LogP) is 2.39. The molecule has 1 unspecified atom stereocenters. The molecule has 1 saturated heterocycles. The topological polar surface area (TPSA) is 119 Å². The summed E-state index contributed by atoms with van der Waals surface area (Å²) in [6.07, 6.45) is 4.47. The first-order chi connectivity index (χ1) is 13.8. The molecule has 30 heavy (non-hydrogen) atoms. The van der Waals surface area contributed by atoms with Crippen LogP contribution in [0.4, 0.5) is 0 Å². The third-order valence-corrected chi connectivity index (χ3v) is 5.78. The van der Waals surface area contributed by atoms with E-state index in [1.165, 1.54) is 12.1 Å². The Morgan fingerprint density at radius 3 is 2.60 bits per heavy atom. The molecule has 2 aromatic rings. The van der Waals surface area contributed by atoms with E-state index in [-0.39, 0.29) is 34.5 Å². The average molecular weight is 548 g/mol. The molecule has 1 aromatic carbocycles. The molecule has 0 saturated carbocycles. The minimum absolute atomic E-state index is 0. The van der Waals surface area contributed by atoms with E-state index >= 15 is 0 Å². The Hall–Kier alpha value is -1.63. The van der Waals surface area contributed by atoms with Gasteiger partial charge in [-0.25, -0.2) is 18.5 Å². The molecule has 166 valence electrons. The van der Waals surface area contributed by atoms with Crippen molar-refractivity contribution in [2.75, 3.05) is 19.7 Å². The van der Waals surface area contributed by atoms with Crippen molar-refractivity contribution in [1.82, 2.24) is 10.6 Å². The Morgan fingerprint density at radius 1 is 1.23 bits per heavy atom. The van der Waals surface area contributed by atoms with Gasteiger partial charge in [-0.2, -0.15) is 0 Å². The second kappa shape index (κ2) is 11.1. The maximum absolute atomic E-state index is 11.4. The standard InChI is InChI=1S/C20H28N4O4S.HI/c1-20(10-3-13-28-20)15-24-19(22-11-9-17-4-2-12-27-17)23-14-16-5-7-18(8-6-16)29(21,25)26;/h2,4-8,12H,3,9-11,13-15H2,1H3,(H2,21,25,26)(H2,22,23,24);1H. The maximum atomic E-state index is 11.4. The summed E-state index contributed by atoms with van der Waals surface area (Å²) in [7, 11) is -3.69. The van der Waals surface area contributed by atoms with Gasteiger partial charge in [0.25, 0.3) is 0 Å². The van der Waals surface area contributed by atoms with Crippen molar-refractivity contribution in [3.05, 3.63) is 54.0 Å². The van der Waals surface area contributed by atoms with E-state index in [1.807, 2.05) is 12.1 Å². The van der Waals surface area contributed by atoms with Gasteiger partial charge in [-0.1, -0.05) is 12.1 Å². The maximum Gasteiger partial charge on any atom is 0.238 e. The number of primary sulfonamides is 1. The molecule has 1 aromatic heterocycles. The smallest absolute Gasteiger partial charge is 0.238 e. The number of nitrogens with one attached hydrogen (secondary N) is 2. The van der Waals surface area contributed by atoms with Gasteiger partial charge in [0.1, 0.15) is 5.76 Å². The summed E-state index contributed by atoms with van der Waals surface area (Å²) in [5, 5.41) is 11.8. The number of furan rings is 1. The van der Waals surface area contributed by atoms with Crippen LogP contribution >= 0.6 is 24.0 Å². The van der Waals surface area contributed by atoms with Gasteiger partial charge in [-0.15, -0.1) is 24.0 Å². The van der Waals surface area contributed by atoms with Crippen LogP contribution in [-0.2, 0) is 27.7 Å². The van der Waals surface area contributed by atoms with Gasteiger partial charge < -0.3 is 19.8 Å². The van der Waals surface area contributed by atoms with Gasteiger partial charge in [-0.05, 0) is 49.6 Å². The highest BCUT2D eigenvalue weighted by atomic mass is 127. The molecule has 0 amide bonds. The lowest BCUT2D eigenvalue weighted by molar-refractivity contribution is 0.0242. The van der Waals surface area contributed by atoms with E-state index in [9.17, 15) is 8.42 Å². The molecule has 0 bridgehead atoms. The van der Waals surface area contributed by atoms with Crippen LogP contribution in [0.2, 0.25) is 0 Å². The molecule has 1 aliphatic heterocycles. The first-order valence-electron chi connectivity index (χ1n) is 9.64. The van der Waals surface area contributed by atoms with Gasteiger partial charge in [0, 0.05) is 26.1 Å². The van der Waals surface area contributed by atoms with Crippen molar-refractivity contribution in [3.8, 4) is 0 Å². The Morgan fingerprint density at radius 2 is 2.00 bits per heavy atom. The van der Waals surface area contributed by atoms with Crippen LogP contribution in [0.5, 0.6) is 0 Å². The SMILES string of the molecule is CC1(CNC(=NCc2ccc(S(N)(=O)=O)cc2)NCCc2ccco2)CCCO1.I. The van der Waals surface area contributed by atoms with Crippen molar-refractivity contribution < 1.29 is 17.6 Å². The molecule has 1 aliphatic rings. The highest BCUT2D eigenvalue weighted by Crippen LogP contribution is 2.23. The number of rotatable bonds is 8. The fraction of sp³-hybridized carbons (Fsp3) is 0.450. The van der Waals surface area contributed by atoms with Crippen molar-refractivity contribution in [1.29, 1.82) is 0 Å². The number of hydrogen-bond donors (Lipinski definition) is 3. The zero-order valence-corrected chi connectivity index (χ0v) is 20.1. The third kappa shape index (κ3) is 7.56. The van der Waals surface area contributed by atoms with Crippen LogP contribution in [0.1, 0.15) is 31.1 Å². The van der Waals surface area contributed by atoms with Gasteiger partial charge in [0.15, 0.2) is 5.96 Å². The summed E-state index contributed by atoms with van der Waals surface area (Å²) in [5.74, 6) is 1.57. The molecule has 3 rings (SSSR count). The number of nitrogens with zero attached hydrogens (tertiary/aromatic N) is 1. The number of aliphatic imine (C=N–C) groups is 1. The monoisotopic (exact) mass is 548 g/mol. The fourth-order valence-corrected chi connectivity index (χ4v) is 3.65. The number of hydrogen-bond acceptors (Lipinski definition) is 5. The van der Waals surface area contributed by atoms with Gasteiger partial charge in [0.2, 0.25) is 10.0 Å². The van der Waals surface area contributed by atoms with Gasteiger partial charge in [-0.3, -0.25) is 0 Å². The molecule has 0 spiro atoms. The number of guanidine groups is 1. The van der Waals surface area contributed by atoms with E-state index in [2.05, 4.69) is 22.5 Å². The van der Waals surface area contributed by atoms with Crippen molar-refractivity contribution in [3.63, 3.8) is 0 Å². The van der Waals surface area contributed by atoms with E-state index in [0.29, 0.717) is 25.6 Å². The number of sulfonamides is 1. The summed E-state index contributed by atoms with van der Waals surface area (Å²) < 4.78 is 33.9. The molecule has 0 aliphatic carbocycles. The van der Waals surface area contributed by atoms with Gasteiger partial charge in [0.05, 0.1) is 23.3 Å². The molecule has 8 nitrogen and oxygen atoms in total. The van der Waals surface area contributed by atoms with Crippen LogP contribution in [0.3, 0.4) is 0 Å². The van der Waals surface area contributed by atoms with Crippen LogP contribution in [0.25, 0.3) is 0 Å². The van der Waals surface area contributed by atoms with E-state index < -0.39 is 10.0 Å². The number of benzene rings is 1. The highest BCUT2D eigenvalue weighted by Gasteiger charge is 2.29. The summed E-state index contributed by atoms with van der Waals surface area (Å²) in [5.41, 5.74) is 0.688. The summed E-state index contributed by atoms with van der Waals surface area (Å²) in [6, 6.07) is 10.2. The zero-order chi connectivity index (χ0) is 20.7. The fourth-order valence-electron chi connectivity index (χ4n) is 3.14. The first kappa shape index (κ1) is 24.6. The van der Waals surface area contributed by atoms with E-state index in [0.717, 1.165) is 37.2 Å². The van der Waals surface area contributed by atoms with E-state index in [4.69, 9.17) is 14.3 Å². The van der Waals surface area contributed by atoms with Crippen molar-refractivity contribution >= 4 is 40.0 Å². The molecule has 2 heterocycles. The van der Waals surface area contributed by atoms with Crippen molar-refractivity contribution in [2.24, 2.45) is 10.1 Å². The van der Waals surface area contributed by atoms with E-state index in [1.54, 1.807) is 18.4 Å². The average Bonchev–Trinajstić information content (AvgIpc) is 3.35. The summed E-state index contributed by atoms with van der Waals surface area (Å²) in [4.78, 5) is 4.71. The molecule has 4 N–H and O–H groups in total. The summed E-state index contributed by atoms with van der Waals surface area (Å²) >= 11 is 0. The normalized spacial score (nSPS) is 19.3. The van der Waals surface area contributed by atoms with Crippen LogP contribution in [0.15, 0.2) is 57.0 Å². The molecule has 10 heteroatoms. The second-order valence-corrected chi connectivity index (χ2v) is 8.93. The Labute approximate surface area is 194 Å². The Bertz CT molecular complexity index is 909. The quantitative estimate of drug-likeness (QED) is 0.265.